The molecule has 1 aromatic rings. The van der Waals surface area contributed by atoms with Gasteiger partial charge in [-0.1, -0.05) is 12.1 Å². The highest BCUT2D eigenvalue weighted by atomic mass is 32.2. The summed E-state index contributed by atoms with van der Waals surface area (Å²) in [6.45, 7) is 0.911. The Labute approximate surface area is 101 Å². The van der Waals surface area contributed by atoms with Gasteiger partial charge in [0.05, 0.1) is 24.2 Å². The lowest BCUT2D eigenvalue weighted by atomic mass is 9.81. The third-order valence-corrected chi connectivity index (χ3v) is 4.02. The third kappa shape index (κ3) is 2.48. The Bertz CT molecular complexity index is 550. The second kappa shape index (κ2) is 4.13. The quantitative estimate of drug-likeness (QED) is 0.808. The highest BCUT2D eigenvalue weighted by Gasteiger charge is 2.38. The molecule has 0 spiro atoms. The number of ether oxygens (including phenoxy) is 1. The third-order valence-electron chi connectivity index (χ3n) is 2.89. The largest absolute Gasteiger partial charge is 0.378 e. The second-order valence-corrected chi connectivity index (χ2v) is 6.49. The minimum absolute atomic E-state index is 0.303. The number of hydrogen-bond acceptors (Lipinski definition) is 4. The molecule has 0 atom stereocenters. The first-order valence-corrected chi connectivity index (χ1v) is 7.12. The summed E-state index contributed by atoms with van der Waals surface area (Å²) in [5.41, 5.74) is 0.536. The molecule has 0 aliphatic carbocycles. The summed E-state index contributed by atoms with van der Waals surface area (Å²) in [5.74, 6) is 0. The van der Waals surface area contributed by atoms with Crippen LogP contribution in [-0.4, -0.2) is 27.9 Å². The molecule has 1 saturated heterocycles. The van der Waals surface area contributed by atoms with Gasteiger partial charge in [0.15, 0.2) is 9.84 Å². The van der Waals surface area contributed by atoms with Crippen LogP contribution >= 0.6 is 0 Å². The SMILES string of the molecule is CS(=O)(=O)c1ccc(CC2(C#N)COC2)cc1. The number of rotatable bonds is 3. The van der Waals surface area contributed by atoms with Gasteiger partial charge in [-0.05, 0) is 24.1 Å². The lowest BCUT2D eigenvalue weighted by Gasteiger charge is -2.35. The van der Waals surface area contributed by atoms with Gasteiger partial charge < -0.3 is 4.74 Å². The molecule has 0 N–H and O–H groups in total. The van der Waals surface area contributed by atoms with Crippen molar-refractivity contribution in [3.05, 3.63) is 29.8 Å². The zero-order chi connectivity index (χ0) is 12.5. The van der Waals surface area contributed by atoms with Crippen molar-refractivity contribution >= 4 is 9.84 Å². The fourth-order valence-electron chi connectivity index (χ4n) is 1.80. The lowest BCUT2D eigenvalue weighted by Crippen LogP contribution is -2.43. The summed E-state index contributed by atoms with van der Waals surface area (Å²) in [5, 5.41) is 9.06. The van der Waals surface area contributed by atoms with Crippen LogP contribution in [0.15, 0.2) is 29.2 Å². The Kier molecular flexibility index (Phi) is 2.94. The van der Waals surface area contributed by atoms with Crippen molar-refractivity contribution in [3.63, 3.8) is 0 Å². The van der Waals surface area contributed by atoms with Gasteiger partial charge in [-0.3, -0.25) is 0 Å². The van der Waals surface area contributed by atoms with Gasteiger partial charge in [0.1, 0.15) is 5.41 Å². The summed E-state index contributed by atoms with van der Waals surface area (Å²) in [7, 11) is -3.15. The highest BCUT2D eigenvalue weighted by molar-refractivity contribution is 7.90. The topological polar surface area (TPSA) is 67.2 Å². The Morgan fingerprint density at radius 3 is 2.29 bits per heavy atom. The number of benzene rings is 1. The van der Waals surface area contributed by atoms with Gasteiger partial charge in [-0.15, -0.1) is 0 Å². The molecule has 17 heavy (non-hydrogen) atoms. The van der Waals surface area contributed by atoms with Crippen LogP contribution in [0, 0.1) is 16.7 Å². The van der Waals surface area contributed by atoms with E-state index in [1.54, 1.807) is 24.3 Å². The minimum Gasteiger partial charge on any atom is -0.378 e. The molecule has 1 aliphatic heterocycles. The van der Waals surface area contributed by atoms with Crippen molar-refractivity contribution < 1.29 is 13.2 Å². The molecule has 0 unspecified atom stereocenters. The van der Waals surface area contributed by atoms with Crippen LogP contribution in [0.4, 0.5) is 0 Å². The van der Waals surface area contributed by atoms with Crippen LogP contribution in [0.2, 0.25) is 0 Å². The van der Waals surface area contributed by atoms with Gasteiger partial charge in [0.2, 0.25) is 0 Å². The first kappa shape index (κ1) is 12.1. The van der Waals surface area contributed by atoms with E-state index in [0.29, 0.717) is 24.5 Å². The van der Waals surface area contributed by atoms with Crippen LogP contribution in [0.1, 0.15) is 5.56 Å². The van der Waals surface area contributed by atoms with E-state index >= 15 is 0 Å². The predicted octanol–water partition coefficient (Wildman–Crippen LogP) is 1.17. The van der Waals surface area contributed by atoms with E-state index in [-0.39, 0.29) is 0 Å². The fraction of sp³-hybridized carbons (Fsp3) is 0.417. The lowest BCUT2D eigenvalue weighted by molar-refractivity contribution is -0.0765. The van der Waals surface area contributed by atoms with E-state index < -0.39 is 15.3 Å². The van der Waals surface area contributed by atoms with Crippen molar-refractivity contribution in [2.24, 2.45) is 5.41 Å². The standard InChI is InChI=1S/C12H13NO3S/c1-17(14,15)11-4-2-10(3-5-11)6-12(7-13)8-16-9-12/h2-5H,6,8-9H2,1H3. The van der Waals surface area contributed by atoms with Crippen LogP contribution in [-0.2, 0) is 21.0 Å². The van der Waals surface area contributed by atoms with Crippen LogP contribution in [0.3, 0.4) is 0 Å². The molecule has 1 fully saturated rings. The number of nitrogens with zero attached hydrogens (tertiary/aromatic N) is 1. The Balaban J connectivity index is 2.17. The average molecular weight is 251 g/mol. The predicted molar refractivity (Wildman–Crippen MR) is 62.1 cm³/mol. The van der Waals surface area contributed by atoms with Crippen LogP contribution in [0.5, 0.6) is 0 Å². The van der Waals surface area contributed by atoms with E-state index in [9.17, 15) is 8.42 Å². The monoisotopic (exact) mass is 251 g/mol. The van der Waals surface area contributed by atoms with E-state index in [0.717, 1.165) is 5.56 Å². The maximum atomic E-state index is 11.3. The molecular weight excluding hydrogens is 238 g/mol. The van der Waals surface area contributed by atoms with Crippen LogP contribution in [0.25, 0.3) is 0 Å². The molecule has 4 nitrogen and oxygen atoms in total. The average Bonchev–Trinajstić information content (AvgIpc) is 2.23. The summed E-state index contributed by atoms with van der Waals surface area (Å²) < 4.78 is 27.6. The Morgan fingerprint density at radius 2 is 1.94 bits per heavy atom. The molecule has 0 saturated carbocycles. The van der Waals surface area contributed by atoms with Crippen molar-refractivity contribution in [1.29, 1.82) is 5.26 Å². The smallest absolute Gasteiger partial charge is 0.175 e. The molecule has 0 bridgehead atoms. The molecule has 90 valence electrons. The maximum Gasteiger partial charge on any atom is 0.175 e. The number of sulfone groups is 1. The van der Waals surface area contributed by atoms with E-state index in [4.69, 9.17) is 10.00 Å². The van der Waals surface area contributed by atoms with E-state index in [1.807, 2.05) is 0 Å². The first-order chi connectivity index (χ1) is 7.95. The Morgan fingerprint density at radius 1 is 1.35 bits per heavy atom. The highest BCUT2D eigenvalue weighted by Crippen LogP contribution is 2.31. The molecule has 0 amide bonds. The summed E-state index contributed by atoms with van der Waals surface area (Å²) in [6, 6.07) is 8.94. The Hall–Kier alpha value is -1.38. The van der Waals surface area contributed by atoms with Crippen molar-refractivity contribution in [2.75, 3.05) is 19.5 Å². The molecule has 0 aromatic heterocycles. The van der Waals surface area contributed by atoms with Gasteiger partial charge in [0.25, 0.3) is 0 Å². The summed E-state index contributed by atoms with van der Waals surface area (Å²) >= 11 is 0. The van der Waals surface area contributed by atoms with Gasteiger partial charge >= 0.3 is 0 Å². The molecular formula is C12H13NO3S. The molecule has 2 rings (SSSR count). The van der Waals surface area contributed by atoms with Crippen molar-refractivity contribution in [1.82, 2.24) is 0 Å². The molecule has 1 aliphatic rings. The van der Waals surface area contributed by atoms with Gasteiger partial charge in [0, 0.05) is 6.26 Å². The molecule has 0 radical (unpaired) electrons. The van der Waals surface area contributed by atoms with Crippen molar-refractivity contribution in [2.45, 2.75) is 11.3 Å². The fourth-order valence-corrected chi connectivity index (χ4v) is 2.43. The molecule has 5 heteroatoms. The number of hydrogen-bond donors (Lipinski definition) is 0. The van der Waals surface area contributed by atoms with Gasteiger partial charge in [-0.25, -0.2) is 8.42 Å². The van der Waals surface area contributed by atoms with Crippen molar-refractivity contribution in [3.8, 4) is 6.07 Å². The van der Waals surface area contributed by atoms with E-state index in [2.05, 4.69) is 6.07 Å². The summed E-state index contributed by atoms with van der Waals surface area (Å²) in [6.07, 6.45) is 1.78. The zero-order valence-corrected chi connectivity index (χ0v) is 10.3. The molecule has 1 heterocycles. The first-order valence-electron chi connectivity index (χ1n) is 5.23. The summed E-state index contributed by atoms with van der Waals surface area (Å²) in [4.78, 5) is 0.303. The van der Waals surface area contributed by atoms with Crippen LogP contribution < -0.4 is 0 Å². The van der Waals surface area contributed by atoms with E-state index in [1.165, 1.54) is 6.26 Å². The normalized spacial score (nSPS) is 18.1. The minimum atomic E-state index is -3.15. The molecule has 1 aromatic carbocycles. The maximum absolute atomic E-state index is 11.3. The number of nitriles is 1. The zero-order valence-electron chi connectivity index (χ0n) is 9.51. The van der Waals surface area contributed by atoms with Gasteiger partial charge in [-0.2, -0.15) is 5.26 Å². The second-order valence-electron chi connectivity index (χ2n) is 4.48.